The van der Waals surface area contributed by atoms with Crippen molar-refractivity contribution in [2.24, 2.45) is 0 Å². The van der Waals surface area contributed by atoms with Crippen LogP contribution in [0.4, 0.5) is 5.82 Å². The standard InChI is InChI=1S/C17H22N4O3/c1-9(2)11-6-13(23-5)12(17(22)19-4)7-14(11)24-15-8-20-10(3)21-16(15)18/h6-9H,1-5H3,(H,19,22)(H2,18,20,21). The van der Waals surface area contributed by atoms with Crippen molar-refractivity contribution in [1.82, 2.24) is 15.3 Å². The first-order valence-corrected chi connectivity index (χ1v) is 7.58. The highest BCUT2D eigenvalue weighted by Gasteiger charge is 2.19. The molecule has 2 aromatic rings. The Hall–Kier alpha value is -2.83. The minimum atomic E-state index is -0.264. The second-order valence-corrected chi connectivity index (χ2v) is 5.59. The molecule has 1 amide bonds. The summed E-state index contributed by atoms with van der Waals surface area (Å²) in [7, 11) is 3.09. The number of ether oxygens (including phenoxy) is 2. The van der Waals surface area contributed by atoms with Crippen LogP contribution in [-0.4, -0.2) is 30.0 Å². The number of nitrogen functional groups attached to an aromatic ring is 1. The van der Waals surface area contributed by atoms with Crippen molar-refractivity contribution in [3.05, 3.63) is 35.3 Å². The van der Waals surface area contributed by atoms with Gasteiger partial charge in [0.1, 0.15) is 17.3 Å². The van der Waals surface area contributed by atoms with Crippen LogP contribution < -0.4 is 20.5 Å². The first kappa shape index (κ1) is 17.5. The lowest BCUT2D eigenvalue weighted by Crippen LogP contribution is -2.19. The van der Waals surface area contributed by atoms with Gasteiger partial charge < -0.3 is 20.5 Å². The molecule has 0 unspecified atom stereocenters. The van der Waals surface area contributed by atoms with Gasteiger partial charge in [0, 0.05) is 12.6 Å². The first-order chi connectivity index (χ1) is 11.4. The van der Waals surface area contributed by atoms with Gasteiger partial charge in [0.2, 0.25) is 0 Å². The first-order valence-electron chi connectivity index (χ1n) is 7.58. The van der Waals surface area contributed by atoms with E-state index in [-0.39, 0.29) is 17.6 Å². The van der Waals surface area contributed by atoms with E-state index in [1.807, 2.05) is 13.8 Å². The fourth-order valence-corrected chi connectivity index (χ4v) is 2.27. The van der Waals surface area contributed by atoms with Crippen LogP contribution in [0.15, 0.2) is 18.3 Å². The molecular weight excluding hydrogens is 308 g/mol. The second kappa shape index (κ2) is 7.16. The Bertz CT molecular complexity index is 760. The number of amides is 1. The summed E-state index contributed by atoms with van der Waals surface area (Å²) in [6.45, 7) is 5.79. The maximum absolute atomic E-state index is 12.1. The Kier molecular flexibility index (Phi) is 5.23. The molecule has 7 heteroatoms. The molecule has 128 valence electrons. The number of benzene rings is 1. The van der Waals surface area contributed by atoms with E-state index >= 15 is 0 Å². The van der Waals surface area contributed by atoms with Crippen LogP contribution >= 0.6 is 0 Å². The molecule has 1 heterocycles. The summed E-state index contributed by atoms with van der Waals surface area (Å²) in [6.07, 6.45) is 1.52. The van der Waals surface area contributed by atoms with E-state index in [0.29, 0.717) is 28.6 Å². The number of hydrogen-bond acceptors (Lipinski definition) is 6. The molecule has 24 heavy (non-hydrogen) atoms. The summed E-state index contributed by atoms with van der Waals surface area (Å²) < 4.78 is 11.2. The SMILES string of the molecule is CNC(=O)c1cc(Oc2cnc(C)nc2N)c(C(C)C)cc1OC. The van der Waals surface area contributed by atoms with Crippen molar-refractivity contribution < 1.29 is 14.3 Å². The molecule has 3 N–H and O–H groups in total. The minimum Gasteiger partial charge on any atom is -0.496 e. The molecule has 0 aliphatic carbocycles. The van der Waals surface area contributed by atoms with Crippen LogP contribution in [0.1, 0.15) is 41.5 Å². The van der Waals surface area contributed by atoms with E-state index in [1.165, 1.54) is 13.3 Å². The number of nitrogens with two attached hydrogens (primary N) is 1. The Balaban J connectivity index is 2.55. The molecule has 0 atom stereocenters. The maximum atomic E-state index is 12.1. The number of nitrogens with zero attached hydrogens (tertiary/aromatic N) is 2. The summed E-state index contributed by atoms with van der Waals surface area (Å²) in [5.41, 5.74) is 7.16. The predicted octanol–water partition coefficient (Wildman–Crippen LogP) is 2.65. The molecule has 0 aliphatic heterocycles. The molecule has 0 radical (unpaired) electrons. The number of hydrogen-bond donors (Lipinski definition) is 2. The van der Waals surface area contributed by atoms with Crippen LogP contribution in [0.5, 0.6) is 17.2 Å². The Morgan fingerprint density at radius 1 is 1.25 bits per heavy atom. The number of methoxy groups -OCH3 is 1. The molecule has 0 aliphatic rings. The van der Waals surface area contributed by atoms with Gasteiger partial charge in [-0.1, -0.05) is 13.8 Å². The number of nitrogens with one attached hydrogen (secondary N) is 1. The number of rotatable bonds is 5. The number of aryl methyl sites for hydroxylation is 1. The molecular formula is C17H22N4O3. The summed E-state index contributed by atoms with van der Waals surface area (Å²) >= 11 is 0. The number of aromatic nitrogens is 2. The molecule has 0 bridgehead atoms. The Morgan fingerprint density at radius 2 is 1.96 bits per heavy atom. The lowest BCUT2D eigenvalue weighted by Gasteiger charge is -2.18. The average molecular weight is 330 g/mol. The Labute approximate surface area is 141 Å². The Morgan fingerprint density at radius 3 is 2.50 bits per heavy atom. The number of carbonyl (C=O) groups is 1. The van der Waals surface area contributed by atoms with E-state index in [9.17, 15) is 4.79 Å². The van der Waals surface area contributed by atoms with Gasteiger partial charge in [0.25, 0.3) is 5.91 Å². The van der Waals surface area contributed by atoms with E-state index in [2.05, 4.69) is 15.3 Å². The van der Waals surface area contributed by atoms with Gasteiger partial charge in [-0.2, -0.15) is 0 Å². The van der Waals surface area contributed by atoms with Crippen molar-refractivity contribution in [2.75, 3.05) is 19.9 Å². The molecule has 0 saturated carbocycles. The monoisotopic (exact) mass is 330 g/mol. The van der Waals surface area contributed by atoms with E-state index in [0.717, 1.165) is 5.56 Å². The normalized spacial score (nSPS) is 10.6. The molecule has 1 aromatic carbocycles. The van der Waals surface area contributed by atoms with Gasteiger partial charge in [0.05, 0.1) is 18.9 Å². The third kappa shape index (κ3) is 3.56. The molecule has 0 fully saturated rings. The third-order valence-corrected chi connectivity index (χ3v) is 3.55. The minimum absolute atomic E-state index is 0.153. The van der Waals surface area contributed by atoms with Crippen LogP contribution in [0, 0.1) is 6.92 Å². The third-order valence-electron chi connectivity index (χ3n) is 3.55. The summed E-state index contributed by atoms with van der Waals surface area (Å²) in [5.74, 6) is 2.04. The number of anilines is 1. The van der Waals surface area contributed by atoms with Gasteiger partial charge in [0.15, 0.2) is 11.6 Å². The second-order valence-electron chi connectivity index (χ2n) is 5.59. The van der Waals surface area contributed by atoms with Crippen molar-refractivity contribution in [3.8, 4) is 17.2 Å². The van der Waals surface area contributed by atoms with E-state index < -0.39 is 0 Å². The van der Waals surface area contributed by atoms with Crippen LogP contribution in [0.3, 0.4) is 0 Å². The molecule has 0 saturated heterocycles. The fourth-order valence-electron chi connectivity index (χ4n) is 2.27. The molecule has 1 aromatic heterocycles. The van der Waals surface area contributed by atoms with Gasteiger partial charge in [-0.3, -0.25) is 4.79 Å². The van der Waals surface area contributed by atoms with Gasteiger partial charge in [-0.15, -0.1) is 0 Å². The van der Waals surface area contributed by atoms with Gasteiger partial charge in [-0.05, 0) is 25.0 Å². The highest BCUT2D eigenvalue weighted by atomic mass is 16.5. The number of carbonyl (C=O) groups excluding carboxylic acids is 1. The summed E-state index contributed by atoms with van der Waals surface area (Å²) in [4.78, 5) is 20.3. The topological polar surface area (TPSA) is 99.4 Å². The molecule has 2 rings (SSSR count). The molecule has 0 spiro atoms. The van der Waals surface area contributed by atoms with Crippen molar-refractivity contribution >= 4 is 11.7 Å². The van der Waals surface area contributed by atoms with E-state index in [4.69, 9.17) is 15.2 Å². The smallest absolute Gasteiger partial charge is 0.254 e. The highest BCUT2D eigenvalue weighted by molar-refractivity contribution is 5.97. The fraction of sp³-hybridized carbons (Fsp3) is 0.353. The highest BCUT2D eigenvalue weighted by Crippen LogP contribution is 2.37. The summed E-state index contributed by atoms with van der Waals surface area (Å²) in [6, 6.07) is 3.45. The lowest BCUT2D eigenvalue weighted by molar-refractivity contribution is 0.0959. The van der Waals surface area contributed by atoms with Gasteiger partial charge in [-0.25, -0.2) is 9.97 Å². The largest absolute Gasteiger partial charge is 0.496 e. The van der Waals surface area contributed by atoms with Crippen molar-refractivity contribution in [3.63, 3.8) is 0 Å². The van der Waals surface area contributed by atoms with Crippen LogP contribution in [-0.2, 0) is 0 Å². The quantitative estimate of drug-likeness (QED) is 0.874. The molecule has 7 nitrogen and oxygen atoms in total. The zero-order valence-corrected chi connectivity index (χ0v) is 14.5. The van der Waals surface area contributed by atoms with Crippen LogP contribution in [0.25, 0.3) is 0 Å². The van der Waals surface area contributed by atoms with Gasteiger partial charge >= 0.3 is 0 Å². The lowest BCUT2D eigenvalue weighted by atomic mass is 9.99. The zero-order valence-electron chi connectivity index (χ0n) is 14.5. The van der Waals surface area contributed by atoms with Crippen LogP contribution in [0.2, 0.25) is 0 Å². The van der Waals surface area contributed by atoms with Crippen molar-refractivity contribution in [2.45, 2.75) is 26.7 Å². The predicted molar refractivity (Wildman–Crippen MR) is 91.7 cm³/mol. The van der Waals surface area contributed by atoms with Crippen molar-refractivity contribution in [1.29, 1.82) is 0 Å². The van der Waals surface area contributed by atoms with E-state index in [1.54, 1.807) is 26.1 Å². The summed E-state index contributed by atoms with van der Waals surface area (Å²) in [5, 5.41) is 2.59. The average Bonchev–Trinajstić information content (AvgIpc) is 2.55. The maximum Gasteiger partial charge on any atom is 0.254 e. The zero-order chi connectivity index (χ0) is 17.9.